The van der Waals surface area contributed by atoms with Crippen molar-refractivity contribution in [1.82, 2.24) is 9.80 Å². The lowest BCUT2D eigenvalue weighted by molar-refractivity contribution is -0.150. The summed E-state index contributed by atoms with van der Waals surface area (Å²) in [6.45, 7) is 14.0. The monoisotopic (exact) mass is 862 g/mol. The van der Waals surface area contributed by atoms with E-state index in [-0.39, 0.29) is 39.1 Å². The third kappa shape index (κ3) is 11.1. The number of carbonyl (C=O) groups is 4. The van der Waals surface area contributed by atoms with Gasteiger partial charge in [0.1, 0.15) is 25.3 Å². The molecule has 17 heteroatoms. The molecule has 0 spiro atoms. The number of allylic oxidation sites excluding steroid dienone is 1. The second-order valence-electron chi connectivity index (χ2n) is 17.2. The van der Waals surface area contributed by atoms with E-state index in [2.05, 4.69) is 6.58 Å². The lowest BCUT2D eigenvalue weighted by Crippen LogP contribution is -2.48. The van der Waals surface area contributed by atoms with Crippen LogP contribution in [0.2, 0.25) is 6.32 Å². The van der Waals surface area contributed by atoms with Gasteiger partial charge in [0.2, 0.25) is 12.9 Å². The first-order valence-corrected chi connectivity index (χ1v) is 20.3. The molecule has 0 aromatic heterocycles. The highest BCUT2D eigenvalue weighted by Crippen LogP contribution is 2.50. The lowest BCUT2D eigenvalue weighted by atomic mass is 9.69. The summed E-state index contributed by atoms with van der Waals surface area (Å²) in [6, 6.07) is 15.6. The van der Waals surface area contributed by atoms with Gasteiger partial charge < -0.3 is 28.3 Å². The van der Waals surface area contributed by atoms with Crippen molar-refractivity contribution in [3.63, 3.8) is 0 Å². The maximum Gasteiger partial charge on any atom is 0.457 e. The largest absolute Gasteiger partial charge is 0.467 e. The van der Waals surface area contributed by atoms with Gasteiger partial charge in [-0.2, -0.15) is 0 Å². The smallest absolute Gasteiger partial charge is 0.457 e. The summed E-state index contributed by atoms with van der Waals surface area (Å²) in [4.78, 5) is 52.7. The van der Waals surface area contributed by atoms with Crippen LogP contribution in [0.5, 0.6) is 0 Å². The van der Waals surface area contributed by atoms with Crippen LogP contribution in [0.25, 0.3) is 0 Å². The van der Waals surface area contributed by atoms with Crippen molar-refractivity contribution in [1.29, 1.82) is 0 Å². The van der Waals surface area contributed by atoms with E-state index in [0.29, 0.717) is 12.7 Å². The predicted octanol–water partition coefficient (Wildman–Crippen LogP) is 8.58. The molecule has 3 fully saturated rings. The number of hydrogen-bond donors (Lipinski definition) is 0. The fourth-order valence-electron chi connectivity index (χ4n) is 8.51. The van der Waals surface area contributed by atoms with Gasteiger partial charge in [-0.05, 0) is 58.0 Å². The number of rotatable bonds is 14. The van der Waals surface area contributed by atoms with E-state index < -0.39 is 90.0 Å². The summed E-state index contributed by atoms with van der Waals surface area (Å²) in [5.41, 5.74) is -1.87. The Hall–Kier alpha value is -4.64. The van der Waals surface area contributed by atoms with Crippen molar-refractivity contribution >= 4 is 31.2 Å². The molecule has 2 aromatic rings. The quantitative estimate of drug-likeness (QED) is 0.0599. The molecule has 2 amide bonds. The first kappa shape index (κ1) is 49.0. The van der Waals surface area contributed by atoms with Crippen LogP contribution in [0, 0.1) is 22.7 Å². The Labute approximate surface area is 356 Å². The van der Waals surface area contributed by atoms with Gasteiger partial charge in [-0.1, -0.05) is 87.0 Å². The van der Waals surface area contributed by atoms with Gasteiger partial charge >= 0.3 is 31.2 Å². The first-order valence-electron chi connectivity index (χ1n) is 20.3. The molecule has 3 aliphatic rings. The minimum atomic E-state index is -2.73. The van der Waals surface area contributed by atoms with Crippen LogP contribution in [0.4, 0.5) is 27.2 Å². The van der Waals surface area contributed by atoms with Crippen LogP contribution >= 0.6 is 0 Å². The standard InChI is InChI=1S/C25H36BF2NO6.C19H23F2NO4/c1-23(2)24(3,4)35-26(34-23)14-10-13-25(5)18(20(27)28)15-29(19(25)21(30)32-6)22(31)33-16-17-11-8-7-9-12-17;1-4-10-19(2)14(16(20)21)11-22(15(19)17(23)25-3)18(24)26-12-13-8-6-5-7-9-13/h7-9,11-12,18-20H,10,13-16H2,1-6H3;4-9,14-16H,1,10-12H2,2-3H3/t18-,19-,25-;14-,15-,19-/m11/s1. The SMILES string of the molecule is C=CC[C@]1(C)[C@@H](C(F)F)CN(C(=O)OCc2ccccc2)[C@@H]1C(=O)OC.COC(=O)[C@H]1N(C(=O)OCc2ccccc2)C[C@H](C(F)F)[C@@]1(C)CCCB1OC(C)(C)C(C)(C)O1. The lowest BCUT2D eigenvalue weighted by Gasteiger charge is -2.35. The van der Waals surface area contributed by atoms with E-state index in [1.165, 1.54) is 20.3 Å². The van der Waals surface area contributed by atoms with Crippen molar-refractivity contribution in [3.05, 3.63) is 84.4 Å². The molecule has 336 valence electrons. The van der Waals surface area contributed by atoms with Crippen molar-refractivity contribution in [2.75, 3.05) is 27.3 Å². The Morgan fingerprint density at radius 3 is 1.49 bits per heavy atom. The number of alkyl halides is 4. The number of amides is 2. The molecular formula is C44H59BF4N2O10. The number of halogens is 4. The fourth-order valence-corrected chi connectivity index (χ4v) is 8.51. The van der Waals surface area contributed by atoms with Crippen LogP contribution in [0.15, 0.2) is 73.3 Å². The first-order chi connectivity index (χ1) is 28.7. The number of carbonyl (C=O) groups excluding carboxylic acids is 4. The molecule has 61 heavy (non-hydrogen) atoms. The number of ether oxygens (including phenoxy) is 4. The minimum absolute atomic E-state index is 0.0123. The number of likely N-dealkylation sites (tertiary alicyclic amines) is 2. The zero-order chi connectivity index (χ0) is 45.3. The van der Waals surface area contributed by atoms with Crippen LogP contribution in [-0.4, -0.2) is 104 Å². The predicted molar refractivity (Wildman–Crippen MR) is 218 cm³/mol. The van der Waals surface area contributed by atoms with E-state index >= 15 is 0 Å². The highest BCUT2D eigenvalue weighted by molar-refractivity contribution is 6.45. The normalized spacial score (nSPS) is 26.4. The van der Waals surface area contributed by atoms with E-state index in [1.54, 1.807) is 62.4 Å². The average Bonchev–Trinajstić information content (AvgIpc) is 3.78. The number of hydrogen-bond acceptors (Lipinski definition) is 10. The van der Waals surface area contributed by atoms with E-state index in [1.807, 2.05) is 39.8 Å². The average molecular weight is 863 g/mol. The van der Waals surface area contributed by atoms with E-state index in [9.17, 15) is 36.7 Å². The van der Waals surface area contributed by atoms with Gasteiger partial charge in [0.05, 0.1) is 25.4 Å². The highest BCUT2D eigenvalue weighted by Gasteiger charge is 2.61. The van der Waals surface area contributed by atoms with Crippen LogP contribution < -0.4 is 0 Å². The molecular weight excluding hydrogens is 803 g/mol. The number of methoxy groups -OCH3 is 2. The van der Waals surface area contributed by atoms with Crippen LogP contribution in [-0.2, 0) is 51.1 Å². The van der Waals surface area contributed by atoms with Gasteiger partial charge in [-0.3, -0.25) is 9.80 Å². The Bertz CT molecular complexity index is 1790. The van der Waals surface area contributed by atoms with Gasteiger partial charge in [-0.25, -0.2) is 36.7 Å². The van der Waals surface area contributed by atoms with Crippen LogP contribution in [0.1, 0.15) is 71.9 Å². The number of nitrogens with zero attached hydrogens (tertiary/aromatic N) is 2. The van der Waals surface area contributed by atoms with E-state index in [0.717, 1.165) is 20.9 Å². The summed E-state index contributed by atoms with van der Waals surface area (Å²) in [5, 5.41) is 0. The topological polar surface area (TPSA) is 130 Å². The molecule has 0 N–H and O–H groups in total. The molecule has 0 aliphatic carbocycles. The van der Waals surface area contributed by atoms with Gasteiger partial charge in [0, 0.05) is 35.8 Å². The summed E-state index contributed by atoms with van der Waals surface area (Å²) in [5.74, 6) is -3.87. The summed E-state index contributed by atoms with van der Waals surface area (Å²) in [7, 11) is 1.88. The number of benzene rings is 2. The minimum Gasteiger partial charge on any atom is -0.467 e. The van der Waals surface area contributed by atoms with Gasteiger partial charge in [0.25, 0.3) is 0 Å². The molecule has 5 rings (SSSR count). The molecule has 0 radical (unpaired) electrons. The Kier molecular flexibility index (Phi) is 16.5. The van der Waals surface area contributed by atoms with Gasteiger partial charge in [-0.15, -0.1) is 6.58 Å². The maximum absolute atomic E-state index is 14.2. The fraction of sp³-hybridized carbons (Fsp3) is 0.591. The summed E-state index contributed by atoms with van der Waals surface area (Å²) in [6.07, 6.45) is -4.23. The zero-order valence-electron chi connectivity index (χ0n) is 36.2. The molecule has 0 saturated carbocycles. The van der Waals surface area contributed by atoms with E-state index in [4.69, 9.17) is 28.3 Å². The van der Waals surface area contributed by atoms with Crippen molar-refractivity contribution < 1.29 is 65.0 Å². The zero-order valence-corrected chi connectivity index (χ0v) is 36.2. The molecule has 2 aromatic carbocycles. The van der Waals surface area contributed by atoms with Crippen molar-refractivity contribution in [3.8, 4) is 0 Å². The maximum atomic E-state index is 14.2. The van der Waals surface area contributed by atoms with Crippen molar-refractivity contribution in [2.24, 2.45) is 22.7 Å². The molecule has 6 atom stereocenters. The third-order valence-electron chi connectivity index (χ3n) is 12.7. The Balaban J connectivity index is 0.000000281. The van der Waals surface area contributed by atoms with Crippen molar-refractivity contribution in [2.45, 2.75) is 116 Å². The summed E-state index contributed by atoms with van der Waals surface area (Å²) >= 11 is 0. The second-order valence-corrected chi connectivity index (χ2v) is 17.2. The summed E-state index contributed by atoms with van der Waals surface area (Å²) < 4.78 is 88.1. The third-order valence-corrected chi connectivity index (χ3v) is 12.7. The van der Waals surface area contributed by atoms with Gasteiger partial charge in [0.15, 0.2) is 0 Å². The van der Waals surface area contributed by atoms with Crippen LogP contribution in [0.3, 0.4) is 0 Å². The molecule has 3 heterocycles. The molecule has 12 nitrogen and oxygen atoms in total. The molecule has 0 unspecified atom stereocenters. The Morgan fingerprint density at radius 2 is 1.11 bits per heavy atom. The molecule has 3 aliphatic heterocycles. The second kappa shape index (κ2) is 20.5. The Morgan fingerprint density at radius 1 is 0.721 bits per heavy atom. The molecule has 3 saturated heterocycles. The molecule has 0 bridgehead atoms. The number of esters is 2. The highest BCUT2D eigenvalue weighted by atomic mass is 19.3.